The zero-order chi connectivity index (χ0) is 28.9. The molecule has 1 unspecified atom stereocenters. The molecule has 6 nitrogen and oxygen atoms in total. The summed E-state index contributed by atoms with van der Waals surface area (Å²) >= 11 is 13.3. The average molecular weight is 594 g/mol. The number of piperidine rings is 2. The summed E-state index contributed by atoms with van der Waals surface area (Å²) in [5.41, 5.74) is 7.71. The number of carbonyl (C=O) groups is 2. The van der Waals surface area contributed by atoms with Crippen molar-refractivity contribution in [1.29, 1.82) is 0 Å². The molecule has 2 aliphatic rings. The quantitative estimate of drug-likeness (QED) is 0.309. The molecule has 2 aliphatic heterocycles. The van der Waals surface area contributed by atoms with Crippen molar-refractivity contribution in [2.24, 2.45) is 5.73 Å². The van der Waals surface area contributed by atoms with E-state index in [4.69, 9.17) is 28.9 Å². The highest BCUT2D eigenvalue weighted by Gasteiger charge is 2.41. The molecule has 0 spiro atoms. The van der Waals surface area contributed by atoms with Gasteiger partial charge in [0.15, 0.2) is 0 Å². The van der Waals surface area contributed by atoms with E-state index in [1.54, 1.807) is 0 Å². The van der Waals surface area contributed by atoms with Crippen LogP contribution in [0, 0.1) is 0 Å². The van der Waals surface area contributed by atoms with Gasteiger partial charge in [-0.15, -0.1) is 0 Å². The first kappa shape index (κ1) is 29.4. The highest BCUT2D eigenvalue weighted by molar-refractivity contribution is 6.42. The van der Waals surface area contributed by atoms with Crippen LogP contribution in [0.4, 0.5) is 4.79 Å². The lowest BCUT2D eigenvalue weighted by Crippen LogP contribution is -2.54. The second kappa shape index (κ2) is 12.8. The Morgan fingerprint density at radius 1 is 0.854 bits per heavy atom. The van der Waals surface area contributed by atoms with E-state index in [0.29, 0.717) is 22.2 Å². The third-order valence-electron chi connectivity index (χ3n) is 8.94. The van der Waals surface area contributed by atoms with Crippen LogP contribution in [0.2, 0.25) is 10.0 Å². The van der Waals surface area contributed by atoms with E-state index in [2.05, 4.69) is 28.4 Å². The molecule has 2 fully saturated rings. The maximum atomic E-state index is 13.5. The standard InChI is InChI=1S/C33H38Cl2N4O2/c34-28-15-7-14-27(29(28)35)32(17-9-21-39(24-32)30(40)25-10-3-1-4-11-25)16-8-20-38-22-18-33(19-23-38,37-31(36)41)26-12-5-2-6-13-26/h1-7,10-15H,8-9,16-24H2,(H3,36,37,41). The molecule has 3 amide bonds. The van der Waals surface area contributed by atoms with Crippen LogP contribution in [0.25, 0.3) is 0 Å². The monoisotopic (exact) mass is 592 g/mol. The molecule has 3 aromatic rings. The molecular formula is C33H38Cl2N4O2. The molecule has 5 rings (SSSR count). The second-order valence-corrected chi connectivity index (χ2v) is 12.2. The van der Waals surface area contributed by atoms with Gasteiger partial charge in [0.25, 0.3) is 5.91 Å². The van der Waals surface area contributed by atoms with Crippen LogP contribution < -0.4 is 11.1 Å². The third kappa shape index (κ3) is 6.56. The molecule has 3 N–H and O–H groups in total. The summed E-state index contributed by atoms with van der Waals surface area (Å²) in [4.78, 5) is 29.8. The average Bonchev–Trinajstić information content (AvgIpc) is 3.00. The minimum atomic E-state index is -0.491. The fourth-order valence-corrected chi connectivity index (χ4v) is 7.32. The Hall–Kier alpha value is -3.06. The lowest BCUT2D eigenvalue weighted by Gasteiger charge is -2.45. The van der Waals surface area contributed by atoms with E-state index < -0.39 is 11.6 Å². The van der Waals surface area contributed by atoms with Gasteiger partial charge in [-0.05, 0) is 74.4 Å². The fourth-order valence-electron chi connectivity index (χ4n) is 6.82. The number of nitrogens with one attached hydrogen (secondary N) is 1. The molecule has 2 saturated heterocycles. The van der Waals surface area contributed by atoms with Crippen molar-refractivity contribution in [3.63, 3.8) is 0 Å². The first-order chi connectivity index (χ1) is 19.8. The van der Waals surface area contributed by atoms with Gasteiger partial charge in [-0.3, -0.25) is 4.79 Å². The zero-order valence-electron chi connectivity index (χ0n) is 23.3. The summed E-state index contributed by atoms with van der Waals surface area (Å²) in [6.07, 6.45) is 5.30. The maximum absolute atomic E-state index is 13.5. The van der Waals surface area contributed by atoms with Crippen LogP contribution in [0.1, 0.15) is 60.0 Å². The van der Waals surface area contributed by atoms with E-state index in [1.165, 1.54) is 0 Å². The lowest BCUT2D eigenvalue weighted by molar-refractivity contribution is 0.0617. The summed E-state index contributed by atoms with van der Waals surface area (Å²) < 4.78 is 0. The normalized spacial score (nSPS) is 20.9. The Kier molecular flexibility index (Phi) is 9.22. The lowest BCUT2D eigenvalue weighted by atomic mass is 9.70. The number of carbonyl (C=O) groups excluding carboxylic acids is 2. The number of nitrogens with zero attached hydrogens (tertiary/aromatic N) is 2. The van der Waals surface area contributed by atoms with Crippen LogP contribution in [0.5, 0.6) is 0 Å². The van der Waals surface area contributed by atoms with Crippen LogP contribution in [-0.4, -0.2) is 54.5 Å². The minimum absolute atomic E-state index is 0.0584. The molecule has 1 atom stereocenters. The molecule has 3 aromatic carbocycles. The molecular weight excluding hydrogens is 555 g/mol. The molecule has 41 heavy (non-hydrogen) atoms. The SMILES string of the molecule is NC(=O)NC1(c2ccccc2)CCN(CCCC2(c3cccc(Cl)c3Cl)CCCN(C(=O)c3ccccc3)C2)CC1. The van der Waals surface area contributed by atoms with Crippen LogP contribution in [0.3, 0.4) is 0 Å². The Bertz CT molecular complexity index is 1350. The predicted octanol–water partition coefficient (Wildman–Crippen LogP) is 6.61. The van der Waals surface area contributed by atoms with Gasteiger partial charge in [0.2, 0.25) is 0 Å². The summed E-state index contributed by atoms with van der Waals surface area (Å²) in [6.45, 7) is 3.99. The third-order valence-corrected chi connectivity index (χ3v) is 9.75. The molecule has 216 valence electrons. The van der Waals surface area contributed by atoms with Crippen molar-refractivity contribution in [1.82, 2.24) is 15.1 Å². The fraction of sp³-hybridized carbons (Fsp3) is 0.394. The van der Waals surface area contributed by atoms with E-state index in [1.807, 2.05) is 65.6 Å². The van der Waals surface area contributed by atoms with Crippen molar-refractivity contribution in [3.8, 4) is 0 Å². The van der Waals surface area contributed by atoms with Crippen LogP contribution in [-0.2, 0) is 11.0 Å². The smallest absolute Gasteiger partial charge is 0.312 e. The molecule has 2 heterocycles. The summed E-state index contributed by atoms with van der Waals surface area (Å²) in [5, 5.41) is 4.19. The summed E-state index contributed by atoms with van der Waals surface area (Å²) in [7, 11) is 0. The Labute approximate surface area is 252 Å². The molecule has 0 aliphatic carbocycles. The number of hydrogen-bond donors (Lipinski definition) is 2. The van der Waals surface area contributed by atoms with Gasteiger partial charge in [-0.25, -0.2) is 4.79 Å². The highest BCUT2D eigenvalue weighted by atomic mass is 35.5. The molecule has 0 radical (unpaired) electrons. The summed E-state index contributed by atoms with van der Waals surface area (Å²) in [5.74, 6) is 0.0584. The van der Waals surface area contributed by atoms with Gasteiger partial charge >= 0.3 is 6.03 Å². The first-order valence-corrected chi connectivity index (χ1v) is 15.2. The van der Waals surface area contributed by atoms with Gasteiger partial charge in [-0.1, -0.05) is 83.9 Å². The molecule has 8 heteroatoms. The number of likely N-dealkylation sites (tertiary alicyclic amines) is 2. The van der Waals surface area contributed by atoms with Gasteiger partial charge < -0.3 is 20.9 Å². The van der Waals surface area contributed by atoms with Crippen molar-refractivity contribution in [2.45, 2.75) is 49.5 Å². The predicted molar refractivity (Wildman–Crippen MR) is 165 cm³/mol. The van der Waals surface area contributed by atoms with Gasteiger partial charge in [-0.2, -0.15) is 0 Å². The number of nitrogens with two attached hydrogens (primary N) is 1. The van der Waals surface area contributed by atoms with Crippen LogP contribution >= 0.6 is 23.2 Å². The van der Waals surface area contributed by atoms with Crippen molar-refractivity contribution in [2.75, 3.05) is 32.7 Å². The number of benzene rings is 3. The van der Waals surface area contributed by atoms with E-state index in [9.17, 15) is 9.59 Å². The van der Waals surface area contributed by atoms with Crippen molar-refractivity contribution < 1.29 is 9.59 Å². The minimum Gasteiger partial charge on any atom is -0.352 e. The van der Waals surface area contributed by atoms with Crippen molar-refractivity contribution in [3.05, 3.63) is 106 Å². The van der Waals surface area contributed by atoms with Crippen LogP contribution in [0.15, 0.2) is 78.9 Å². The molecule has 0 saturated carbocycles. The van der Waals surface area contributed by atoms with E-state index in [0.717, 1.165) is 75.8 Å². The zero-order valence-corrected chi connectivity index (χ0v) is 24.8. The number of urea groups is 1. The van der Waals surface area contributed by atoms with Gasteiger partial charge in [0.05, 0.1) is 15.6 Å². The highest BCUT2D eigenvalue weighted by Crippen LogP contribution is 2.44. The number of rotatable bonds is 8. The first-order valence-electron chi connectivity index (χ1n) is 14.5. The second-order valence-electron chi connectivity index (χ2n) is 11.5. The van der Waals surface area contributed by atoms with E-state index in [-0.39, 0.29) is 11.3 Å². The number of hydrogen-bond acceptors (Lipinski definition) is 3. The number of amides is 3. The number of primary amides is 1. The largest absolute Gasteiger partial charge is 0.352 e. The van der Waals surface area contributed by atoms with Gasteiger partial charge in [0, 0.05) is 37.2 Å². The Morgan fingerprint density at radius 2 is 1.54 bits per heavy atom. The Balaban J connectivity index is 1.30. The number of halogens is 2. The summed E-state index contributed by atoms with van der Waals surface area (Å²) in [6, 6.07) is 25.0. The van der Waals surface area contributed by atoms with Gasteiger partial charge in [0.1, 0.15) is 0 Å². The Morgan fingerprint density at radius 3 is 2.22 bits per heavy atom. The maximum Gasteiger partial charge on any atom is 0.312 e. The van der Waals surface area contributed by atoms with Crippen molar-refractivity contribution >= 4 is 35.1 Å². The molecule has 0 bridgehead atoms. The molecule has 0 aromatic heterocycles. The topological polar surface area (TPSA) is 78.7 Å². The van der Waals surface area contributed by atoms with E-state index >= 15 is 0 Å².